The van der Waals surface area contributed by atoms with Crippen LogP contribution in [-0.2, 0) is 19.4 Å². The zero-order chi connectivity index (χ0) is 21.6. The van der Waals surface area contributed by atoms with E-state index in [0.717, 1.165) is 52.8 Å². The van der Waals surface area contributed by atoms with Gasteiger partial charge < -0.3 is 9.55 Å². The summed E-state index contributed by atoms with van der Waals surface area (Å²) in [5, 5.41) is 10.5. The lowest BCUT2D eigenvalue weighted by molar-refractivity contribution is 0.509. The van der Waals surface area contributed by atoms with E-state index in [1.807, 2.05) is 6.08 Å². The lowest BCUT2D eigenvalue weighted by Gasteiger charge is -2.17. The second-order valence-corrected chi connectivity index (χ2v) is 10.0. The Balaban J connectivity index is 1.79. The highest BCUT2D eigenvalue weighted by molar-refractivity contribution is 7.18. The van der Waals surface area contributed by atoms with Crippen LogP contribution in [0.4, 0.5) is 0 Å². The average molecular weight is 421 g/mol. The predicted octanol–water partition coefficient (Wildman–Crippen LogP) is 5.25. The molecule has 1 aliphatic carbocycles. The van der Waals surface area contributed by atoms with Gasteiger partial charge in [-0.15, -0.1) is 11.3 Å². The van der Waals surface area contributed by atoms with Crippen molar-refractivity contribution in [1.82, 2.24) is 14.5 Å². The first kappa shape index (κ1) is 20.6. The van der Waals surface area contributed by atoms with E-state index in [-0.39, 0.29) is 5.56 Å². The molecule has 3 aromatic rings. The van der Waals surface area contributed by atoms with E-state index in [4.69, 9.17) is 4.98 Å². The molecule has 6 heteroatoms. The van der Waals surface area contributed by atoms with Crippen LogP contribution >= 0.6 is 11.3 Å². The summed E-state index contributed by atoms with van der Waals surface area (Å²) >= 11 is 1.61. The van der Waals surface area contributed by atoms with E-state index < -0.39 is 0 Å². The number of aromatic amines is 1. The molecule has 0 aromatic carbocycles. The Kier molecular flexibility index (Phi) is 5.42. The molecule has 0 unspecified atom stereocenters. The highest BCUT2D eigenvalue weighted by atomic mass is 32.1. The van der Waals surface area contributed by atoms with Crippen LogP contribution in [-0.4, -0.2) is 14.5 Å². The van der Waals surface area contributed by atoms with Crippen molar-refractivity contribution in [2.24, 2.45) is 11.8 Å². The first-order valence-corrected chi connectivity index (χ1v) is 11.4. The maximum absolute atomic E-state index is 12.9. The number of hydrogen-bond acceptors (Lipinski definition) is 4. The molecule has 156 valence electrons. The Morgan fingerprint density at radius 3 is 2.93 bits per heavy atom. The minimum absolute atomic E-state index is 0.131. The van der Waals surface area contributed by atoms with E-state index >= 15 is 0 Å². The van der Waals surface area contributed by atoms with E-state index in [1.54, 1.807) is 11.3 Å². The highest BCUT2D eigenvalue weighted by Gasteiger charge is 2.23. The lowest BCUT2D eigenvalue weighted by atomic mass is 9.89. The topological polar surface area (TPSA) is 74.5 Å². The van der Waals surface area contributed by atoms with Crippen LogP contribution < -0.4 is 5.56 Å². The predicted molar refractivity (Wildman–Crippen MR) is 124 cm³/mol. The summed E-state index contributed by atoms with van der Waals surface area (Å²) in [6.07, 6.45) is 4.89. The molecule has 0 bridgehead atoms. The Morgan fingerprint density at radius 2 is 2.23 bits per heavy atom. The fourth-order valence-corrected chi connectivity index (χ4v) is 5.79. The molecule has 1 aliphatic rings. The molecule has 0 saturated carbocycles. The Hall–Kier alpha value is -2.65. The molecule has 1 atom stereocenters. The van der Waals surface area contributed by atoms with E-state index in [2.05, 4.69) is 56.3 Å². The van der Waals surface area contributed by atoms with Gasteiger partial charge in [0.2, 0.25) is 0 Å². The number of aromatic nitrogens is 3. The van der Waals surface area contributed by atoms with Gasteiger partial charge in [-0.2, -0.15) is 5.26 Å². The van der Waals surface area contributed by atoms with Crippen LogP contribution in [0.2, 0.25) is 0 Å². The number of allylic oxidation sites excluding steroid dienone is 1. The van der Waals surface area contributed by atoms with Gasteiger partial charge in [-0.3, -0.25) is 4.79 Å². The van der Waals surface area contributed by atoms with Crippen molar-refractivity contribution in [2.75, 3.05) is 0 Å². The van der Waals surface area contributed by atoms with Crippen molar-refractivity contribution >= 4 is 33.2 Å². The summed E-state index contributed by atoms with van der Waals surface area (Å²) in [7, 11) is 0. The van der Waals surface area contributed by atoms with Crippen LogP contribution in [0.3, 0.4) is 0 Å². The smallest absolute Gasteiger partial charge is 0.260 e. The van der Waals surface area contributed by atoms with Crippen LogP contribution in [0.1, 0.15) is 60.4 Å². The molecule has 0 spiro atoms. The van der Waals surface area contributed by atoms with Gasteiger partial charge in [0.05, 0.1) is 11.0 Å². The fraction of sp³-hybridized carbons (Fsp3) is 0.458. The molecular weight excluding hydrogens is 392 g/mol. The van der Waals surface area contributed by atoms with Crippen LogP contribution in [0.5, 0.6) is 0 Å². The van der Waals surface area contributed by atoms with E-state index in [1.165, 1.54) is 10.6 Å². The molecule has 30 heavy (non-hydrogen) atoms. The molecule has 0 saturated heterocycles. The molecule has 4 rings (SSSR count). The summed E-state index contributed by atoms with van der Waals surface area (Å²) in [5.74, 6) is 1.53. The maximum atomic E-state index is 12.9. The van der Waals surface area contributed by atoms with Crippen molar-refractivity contribution in [3.05, 3.63) is 49.6 Å². The average Bonchev–Trinajstić information content (AvgIpc) is 3.17. The lowest BCUT2D eigenvalue weighted by Crippen LogP contribution is -2.14. The number of H-pyrrole nitrogens is 1. The minimum Gasteiger partial charge on any atom is -0.348 e. The van der Waals surface area contributed by atoms with Crippen LogP contribution in [0, 0.1) is 37.0 Å². The van der Waals surface area contributed by atoms with E-state index in [9.17, 15) is 10.1 Å². The number of thiophene rings is 1. The molecule has 0 amide bonds. The quantitative estimate of drug-likeness (QED) is 0.586. The van der Waals surface area contributed by atoms with Crippen LogP contribution in [0.15, 0.2) is 10.9 Å². The third-order valence-corrected chi connectivity index (χ3v) is 7.15. The molecule has 0 radical (unpaired) electrons. The van der Waals surface area contributed by atoms with Crippen molar-refractivity contribution in [3.63, 3.8) is 0 Å². The fourth-order valence-electron chi connectivity index (χ4n) is 4.41. The standard InChI is InChI=1S/C24H28N4OS/c1-13(2)12-28-15(4)9-17(16(28)5)10-18(11-25)22-26-23(29)21-19-7-6-14(3)8-20(19)30-24(21)27-22/h9-10,13-14H,6-8,12H2,1-5H3,(H,26,27,29)/b18-10+/t14-/m0/s1. The summed E-state index contributed by atoms with van der Waals surface area (Å²) in [6.45, 7) is 11.7. The third kappa shape index (κ3) is 3.63. The molecular formula is C24H28N4OS. The van der Waals surface area contributed by atoms with Gasteiger partial charge in [0.25, 0.3) is 5.56 Å². The van der Waals surface area contributed by atoms with Gasteiger partial charge in [0, 0.05) is 22.8 Å². The second kappa shape index (κ2) is 7.88. The van der Waals surface area contributed by atoms with E-state index in [0.29, 0.717) is 23.2 Å². The molecule has 0 aliphatic heterocycles. The third-order valence-electron chi connectivity index (χ3n) is 6.00. The Bertz CT molecular complexity index is 1250. The summed E-state index contributed by atoms with van der Waals surface area (Å²) in [5.41, 5.74) is 4.70. The first-order chi connectivity index (χ1) is 14.3. The summed E-state index contributed by atoms with van der Waals surface area (Å²) < 4.78 is 2.28. The Labute approximate surface area is 181 Å². The van der Waals surface area contributed by atoms with Crippen molar-refractivity contribution in [1.29, 1.82) is 5.26 Å². The number of rotatable bonds is 4. The van der Waals surface area contributed by atoms with Gasteiger partial charge in [-0.1, -0.05) is 20.8 Å². The van der Waals surface area contributed by atoms with Crippen molar-refractivity contribution < 1.29 is 0 Å². The number of fused-ring (bicyclic) bond motifs is 3. The first-order valence-electron chi connectivity index (χ1n) is 10.6. The van der Waals surface area contributed by atoms with Gasteiger partial charge >= 0.3 is 0 Å². The number of aryl methyl sites for hydroxylation is 2. The van der Waals surface area contributed by atoms with Crippen LogP contribution in [0.25, 0.3) is 21.9 Å². The number of nitriles is 1. The molecule has 0 fully saturated rings. The monoisotopic (exact) mass is 420 g/mol. The van der Waals surface area contributed by atoms with Gasteiger partial charge in [-0.05, 0) is 68.2 Å². The van der Waals surface area contributed by atoms with Crippen molar-refractivity contribution in [2.45, 2.75) is 60.4 Å². The van der Waals surface area contributed by atoms with Crippen molar-refractivity contribution in [3.8, 4) is 6.07 Å². The maximum Gasteiger partial charge on any atom is 0.260 e. The molecule has 5 nitrogen and oxygen atoms in total. The molecule has 3 heterocycles. The second-order valence-electron chi connectivity index (χ2n) is 8.95. The molecule has 3 aromatic heterocycles. The zero-order valence-corrected chi connectivity index (χ0v) is 19.1. The number of nitrogens with one attached hydrogen (secondary N) is 1. The SMILES string of the molecule is Cc1cc(/C=C(\C#N)c2nc3sc4c(c3c(=O)[nH]2)CC[C@H](C)C4)c(C)n1CC(C)C. The number of nitrogens with zero attached hydrogens (tertiary/aromatic N) is 3. The summed E-state index contributed by atoms with van der Waals surface area (Å²) in [4.78, 5) is 22.5. The normalized spacial score (nSPS) is 16.8. The van der Waals surface area contributed by atoms with Gasteiger partial charge in [0.1, 0.15) is 10.9 Å². The van der Waals surface area contributed by atoms with Gasteiger partial charge in [-0.25, -0.2) is 4.98 Å². The van der Waals surface area contributed by atoms with Gasteiger partial charge in [0.15, 0.2) is 5.82 Å². The highest BCUT2D eigenvalue weighted by Crippen LogP contribution is 2.36. The zero-order valence-electron chi connectivity index (χ0n) is 18.3. The largest absolute Gasteiger partial charge is 0.348 e. The number of hydrogen-bond donors (Lipinski definition) is 1. The Morgan fingerprint density at radius 1 is 1.47 bits per heavy atom. The minimum atomic E-state index is -0.131. The molecule has 1 N–H and O–H groups in total. The summed E-state index contributed by atoms with van der Waals surface area (Å²) in [6, 6.07) is 4.34.